The van der Waals surface area contributed by atoms with Gasteiger partial charge in [-0.25, -0.2) is 0 Å². The van der Waals surface area contributed by atoms with Crippen molar-refractivity contribution < 1.29 is 9.59 Å². The topological polar surface area (TPSA) is 101 Å². The number of nitrogens with one attached hydrogen (secondary N) is 1. The van der Waals surface area contributed by atoms with Crippen molar-refractivity contribution in [2.24, 2.45) is 17.4 Å². The Morgan fingerprint density at radius 1 is 0.919 bits per heavy atom. The average Bonchev–Trinajstić information content (AvgIpc) is 3.36. The Kier molecular flexibility index (Phi) is 9.34. The summed E-state index contributed by atoms with van der Waals surface area (Å²) < 4.78 is 0. The number of benzene rings is 3. The fourth-order valence-electron chi connectivity index (χ4n) is 4.92. The van der Waals surface area contributed by atoms with E-state index in [1.54, 1.807) is 4.90 Å². The van der Waals surface area contributed by atoms with E-state index in [0.29, 0.717) is 43.9 Å². The third-order valence-corrected chi connectivity index (χ3v) is 7.29. The third-order valence-electron chi connectivity index (χ3n) is 7.04. The summed E-state index contributed by atoms with van der Waals surface area (Å²) in [6, 6.07) is 24.4. The number of carbonyl (C=O) groups is 2. The maximum Gasteiger partial charge on any atom is 0.243 e. The van der Waals surface area contributed by atoms with Crippen molar-refractivity contribution in [3.05, 3.63) is 106 Å². The minimum atomic E-state index is -0.659. The second kappa shape index (κ2) is 12.9. The molecule has 0 bridgehead atoms. The van der Waals surface area contributed by atoms with E-state index in [1.807, 2.05) is 78.9 Å². The molecule has 0 radical (unpaired) electrons. The second-order valence-corrected chi connectivity index (χ2v) is 10.2. The zero-order valence-electron chi connectivity index (χ0n) is 21.0. The number of amides is 2. The van der Waals surface area contributed by atoms with Crippen LogP contribution in [0.25, 0.3) is 0 Å². The lowest BCUT2D eigenvalue weighted by molar-refractivity contribution is -0.139. The molecule has 194 valence electrons. The highest BCUT2D eigenvalue weighted by Gasteiger charge is 2.40. The number of halogens is 1. The summed E-state index contributed by atoms with van der Waals surface area (Å²) in [6.07, 6.45) is 2.61. The Morgan fingerprint density at radius 2 is 1.57 bits per heavy atom. The van der Waals surface area contributed by atoms with E-state index in [9.17, 15) is 9.59 Å². The molecule has 1 aliphatic heterocycles. The first kappa shape index (κ1) is 26.9. The lowest BCUT2D eigenvalue weighted by Gasteiger charge is -2.27. The van der Waals surface area contributed by atoms with Crippen molar-refractivity contribution >= 4 is 23.4 Å². The van der Waals surface area contributed by atoms with Gasteiger partial charge in [0, 0.05) is 24.7 Å². The van der Waals surface area contributed by atoms with Crippen LogP contribution < -0.4 is 16.8 Å². The Balaban J connectivity index is 1.43. The van der Waals surface area contributed by atoms with Crippen LogP contribution in [0.5, 0.6) is 0 Å². The first-order valence-corrected chi connectivity index (χ1v) is 13.2. The molecule has 0 aromatic heterocycles. The van der Waals surface area contributed by atoms with Gasteiger partial charge in [-0.05, 0) is 66.0 Å². The van der Waals surface area contributed by atoms with Gasteiger partial charge in [0.25, 0.3) is 0 Å². The molecule has 1 saturated heterocycles. The Labute approximate surface area is 224 Å². The Bertz CT molecular complexity index is 1170. The highest BCUT2D eigenvalue weighted by atomic mass is 35.5. The zero-order chi connectivity index (χ0) is 26.2. The van der Waals surface area contributed by atoms with Gasteiger partial charge in [0.05, 0.1) is 6.04 Å². The van der Waals surface area contributed by atoms with E-state index < -0.39 is 12.1 Å². The van der Waals surface area contributed by atoms with Crippen LogP contribution >= 0.6 is 11.6 Å². The number of nitrogens with two attached hydrogens (primary N) is 2. The van der Waals surface area contributed by atoms with Crippen molar-refractivity contribution in [2.75, 3.05) is 6.54 Å². The summed E-state index contributed by atoms with van der Waals surface area (Å²) in [6.45, 7) is 1.37. The van der Waals surface area contributed by atoms with E-state index in [4.69, 9.17) is 23.1 Å². The molecule has 6 nitrogen and oxygen atoms in total. The molecule has 3 aromatic carbocycles. The van der Waals surface area contributed by atoms with Gasteiger partial charge in [-0.15, -0.1) is 0 Å². The normalized spacial score (nSPS) is 18.0. The minimum absolute atomic E-state index is 0.148. The van der Waals surface area contributed by atoms with Crippen molar-refractivity contribution in [3.63, 3.8) is 0 Å². The SMILES string of the molecule is NCc1ccc(CNC(=O)C2CC(Cc3ccc(Cl)cc3)CN2C(=O)[C@@H](N)CCc2ccccc2)cc1. The third kappa shape index (κ3) is 7.41. The summed E-state index contributed by atoms with van der Waals surface area (Å²) in [5.41, 5.74) is 16.3. The predicted octanol–water partition coefficient (Wildman–Crippen LogP) is 3.83. The maximum absolute atomic E-state index is 13.5. The van der Waals surface area contributed by atoms with E-state index in [-0.39, 0.29) is 17.7 Å². The minimum Gasteiger partial charge on any atom is -0.350 e. The van der Waals surface area contributed by atoms with Crippen LogP contribution in [-0.2, 0) is 35.5 Å². The van der Waals surface area contributed by atoms with Crippen LogP contribution in [0.15, 0.2) is 78.9 Å². The number of hydrogen-bond donors (Lipinski definition) is 3. The number of rotatable bonds is 10. The van der Waals surface area contributed by atoms with E-state index >= 15 is 0 Å². The van der Waals surface area contributed by atoms with Gasteiger partial charge < -0.3 is 21.7 Å². The van der Waals surface area contributed by atoms with E-state index in [1.165, 1.54) is 0 Å². The molecule has 2 amide bonds. The fourth-order valence-corrected chi connectivity index (χ4v) is 5.05. The van der Waals surface area contributed by atoms with Gasteiger partial charge in [0.1, 0.15) is 6.04 Å². The Hall–Kier alpha value is -3.19. The van der Waals surface area contributed by atoms with Crippen molar-refractivity contribution in [2.45, 2.75) is 50.9 Å². The highest BCUT2D eigenvalue weighted by molar-refractivity contribution is 6.30. The van der Waals surface area contributed by atoms with Gasteiger partial charge in [-0.1, -0.05) is 78.3 Å². The summed E-state index contributed by atoms with van der Waals surface area (Å²) in [5, 5.41) is 3.72. The molecule has 2 unspecified atom stereocenters. The molecule has 37 heavy (non-hydrogen) atoms. The summed E-state index contributed by atoms with van der Waals surface area (Å²) in [7, 11) is 0. The van der Waals surface area contributed by atoms with E-state index in [0.717, 1.165) is 28.7 Å². The lowest BCUT2D eigenvalue weighted by atomic mass is 9.96. The van der Waals surface area contributed by atoms with Gasteiger partial charge in [-0.3, -0.25) is 9.59 Å². The monoisotopic (exact) mass is 518 g/mol. The predicted molar refractivity (Wildman–Crippen MR) is 148 cm³/mol. The molecule has 1 fully saturated rings. The number of nitrogens with zero attached hydrogens (tertiary/aromatic N) is 1. The number of hydrogen-bond acceptors (Lipinski definition) is 4. The average molecular weight is 519 g/mol. The molecule has 0 spiro atoms. The van der Waals surface area contributed by atoms with Crippen LogP contribution in [0.1, 0.15) is 35.1 Å². The molecule has 1 heterocycles. The molecular formula is C30H35ClN4O2. The van der Waals surface area contributed by atoms with Crippen LogP contribution in [-0.4, -0.2) is 35.3 Å². The standard InChI is InChI=1S/C30H35ClN4O2/c31-26-13-10-22(11-14-26)16-25-17-28(29(36)34-19-24-8-6-23(18-32)7-9-24)35(20-25)30(37)27(33)15-12-21-4-2-1-3-5-21/h1-11,13-14,25,27-28H,12,15-20,32-33H2,(H,34,36)/t25?,27-,28?/m0/s1. The summed E-state index contributed by atoms with van der Waals surface area (Å²) in [5.74, 6) is -0.155. The number of carbonyl (C=O) groups excluding carboxylic acids is 2. The van der Waals surface area contributed by atoms with Gasteiger partial charge in [-0.2, -0.15) is 0 Å². The van der Waals surface area contributed by atoms with Crippen LogP contribution in [0.4, 0.5) is 0 Å². The zero-order valence-corrected chi connectivity index (χ0v) is 21.7. The van der Waals surface area contributed by atoms with Gasteiger partial charge >= 0.3 is 0 Å². The number of aryl methyl sites for hydroxylation is 1. The Morgan fingerprint density at radius 3 is 2.24 bits per heavy atom. The molecular weight excluding hydrogens is 484 g/mol. The molecule has 3 atom stereocenters. The van der Waals surface area contributed by atoms with Crippen molar-refractivity contribution in [1.82, 2.24) is 10.2 Å². The number of likely N-dealkylation sites (tertiary alicyclic amines) is 1. The van der Waals surface area contributed by atoms with Gasteiger partial charge in [0.2, 0.25) is 11.8 Å². The summed E-state index contributed by atoms with van der Waals surface area (Å²) >= 11 is 6.04. The molecule has 3 aromatic rings. The van der Waals surface area contributed by atoms with Crippen LogP contribution in [0.3, 0.4) is 0 Å². The molecule has 4 rings (SSSR count). The lowest BCUT2D eigenvalue weighted by Crippen LogP contribution is -2.51. The summed E-state index contributed by atoms with van der Waals surface area (Å²) in [4.78, 5) is 28.5. The van der Waals surface area contributed by atoms with Crippen LogP contribution in [0.2, 0.25) is 5.02 Å². The fraction of sp³-hybridized carbons (Fsp3) is 0.333. The molecule has 1 aliphatic rings. The van der Waals surface area contributed by atoms with Crippen LogP contribution in [0, 0.1) is 5.92 Å². The van der Waals surface area contributed by atoms with Crippen molar-refractivity contribution in [3.8, 4) is 0 Å². The molecule has 7 heteroatoms. The molecule has 5 N–H and O–H groups in total. The van der Waals surface area contributed by atoms with Crippen molar-refractivity contribution in [1.29, 1.82) is 0 Å². The first-order valence-electron chi connectivity index (χ1n) is 12.8. The smallest absolute Gasteiger partial charge is 0.243 e. The highest BCUT2D eigenvalue weighted by Crippen LogP contribution is 2.28. The van der Waals surface area contributed by atoms with E-state index in [2.05, 4.69) is 5.32 Å². The molecule has 0 aliphatic carbocycles. The first-order chi connectivity index (χ1) is 17.9. The maximum atomic E-state index is 13.5. The quantitative estimate of drug-likeness (QED) is 0.379. The van der Waals surface area contributed by atoms with Gasteiger partial charge in [0.15, 0.2) is 0 Å². The second-order valence-electron chi connectivity index (χ2n) is 9.81. The molecule has 0 saturated carbocycles. The largest absolute Gasteiger partial charge is 0.350 e.